The van der Waals surface area contributed by atoms with Gasteiger partial charge in [-0.25, -0.2) is 27.2 Å². The van der Waals surface area contributed by atoms with E-state index < -0.39 is 44.5 Å². The molecule has 9 nitrogen and oxygen atoms in total. The molecule has 0 bridgehead atoms. The minimum absolute atomic E-state index is 0.0420. The smallest absolute Gasteiger partial charge is 0.243 e. The Morgan fingerprint density at radius 1 is 1.00 bits per heavy atom. The number of sulfonamides is 1. The molecule has 0 aliphatic rings. The highest BCUT2D eigenvalue weighted by Gasteiger charge is 2.32. The van der Waals surface area contributed by atoms with Crippen molar-refractivity contribution in [1.29, 1.82) is 0 Å². The number of hydrogen-bond donors (Lipinski definition) is 1. The molecule has 4 rings (SSSR count). The van der Waals surface area contributed by atoms with Gasteiger partial charge >= 0.3 is 0 Å². The molecule has 1 aromatic carbocycles. The molecule has 2 atom stereocenters. The number of pyridine rings is 1. The van der Waals surface area contributed by atoms with Crippen LogP contribution in [0.3, 0.4) is 0 Å². The van der Waals surface area contributed by atoms with E-state index in [2.05, 4.69) is 29.9 Å². The second-order valence-electron chi connectivity index (χ2n) is 7.82. The first-order valence-corrected chi connectivity index (χ1v) is 12.3. The normalized spacial score (nSPS) is 13.4. The second kappa shape index (κ2) is 9.62. The fourth-order valence-corrected chi connectivity index (χ4v) is 4.73. The fraction of sp³-hybridized carbons (Fsp3) is 0.227. The Balaban J connectivity index is 1.79. The van der Waals surface area contributed by atoms with Crippen molar-refractivity contribution < 1.29 is 17.2 Å². The Morgan fingerprint density at radius 2 is 1.69 bits per heavy atom. The molecule has 0 saturated heterocycles. The van der Waals surface area contributed by atoms with Crippen LogP contribution in [0.25, 0.3) is 17.2 Å². The molecule has 0 saturated carbocycles. The number of benzene rings is 1. The number of halogens is 3. The molecule has 0 aliphatic carbocycles. The van der Waals surface area contributed by atoms with Crippen LogP contribution in [0.15, 0.2) is 48.8 Å². The van der Waals surface area contributed by atoms with Gasteiger partial charge in [-0.3, -0.25) is 14.3 Å². The number of nitrogens with one attached hydrogen (secondary N) is 1. The van der Waals surface area contributed by atoms with E-state index in [9.17, 15) is 17.2 Å². The van der Waals surface area contributed by atoms with Crippen LogP contribution in [0, 0.1) is 18.6 Å². The van der Waals surface area contributed by atoms with Crippen LogP contribution in [-0.4, -0.2) is 43.4 Å². The molecule has 0 radical (unpaired) electrons. The van der Waals surface area contributed by atoms with E-state index in [1.54, 1.807) is 32.0 Å². The molecule has 13 heteroatoms. The Bertz CT molecular complexity index is 1460. The summed E-state index contributed by atoms with van der Waals surface area (Å²) in [6.45, 7) is 4.86. The quantitative estimate of drug-likeness (QED) is 0.387. The summed E-state index contributed by atoms with van der Waals surface area (Å²) in [5.74, 6) is -2.90. The summed E-state index contributed by atoms with van der Waals surface area (Å²) in [6, 6.07) is 8.30. The van der Waals surface area contributed by atoms with Crippen LogP contribution >= 0.6 is 11.6 Å². The number of aromatic nitrogens is 6. The summed E-state index contributed by atoms with van der Waals surface area (Å²) in [6.07, 6.45) is 2.70. The molecule has 0 unspecified atom stereocenters. The maximum absolute atomic E-state index is 14.8. The maximum atomic E-state index is 14.8. The number of anilines is 1. The number of rotatable bonds is 7. The summed E-state index contributed by atoms with van der Waals surface area (Å²) in [4.78, 5) is 12.4. The van der Waals surface area contributed by atoms with Crippen LogP contribution < -0.4 is 4.72 Å². The predicted octanol–water partition coefficient (Wildman–Crippen LogP) is 4.29. The first-order chi connectivity index (χ1) is 16.6. The first kappa shape index (κ1) is 24.6. The minimum atomic E-state index is -4.14. The van der Waals surface area contributed by atoms with Crippen LogP contribution in [0.2, 0.25) is 5.15 Å². The third-order valence-corrected chi connectivity index (χ3v) is 7.53. The van der Waals surface area contributed by atoms with E-state index in [0.29, 0.717) is 11.4 Å². The summed E-state index contributed by atoms with van der Waals surface area (Å²) in [7, 11) is -4.14. The van der Waals surface area contributed by atoms with Gasteiger partial charge in [0.2, 0.25) is 16.0 Å². The van der Waals surface area contributed by atoms with E-state index in [1.807, 2.05) is 0 Å². The number of nitrogens with zero attached hydrogens (tertiary/aromatic N) is 6. The van der Waals surface area contributed by atoms with Gasteiger partial charge in [-0.2, -0.15) is 0 Å². The highest BCUT2D eigenvalue weighted by atomic mass is 35.5. The van der Waals surface area contributed by atoms with E-state index in [1.165, 1.54) is 25.4 Å². The molecule has 3 heterocycles. The van der Waals surface area contributed by atoms with Crippen molar-refractivity contribution in [3.05, 3.63) is 77.0 Å². The summed E-state index contributed by atoms with van der Waals surface area (Å²) >= 11 is 5.77. The lowest BCUT2D eigenvalue weighted by atomic mass is 10.1. The van der Waals surface area contributed by atoms with Gasteiger partial charge < -0.3 is 0 Å². The summed E-state index contributed by atoms with van der Waals surface area (Å²) < 4.78 is 59.4. The SMILES string of the molecule is Cc1cccc(-c2nnc(NS(=O)(=O)[C@@H](C)[C@H](C)c3cnc(Cl)cn3)n2-c2c(F)cccc2F)n1. The third kappa shape index (κ3) is 4.98. The molecule has 1 N–H and O–H groups in total. The van der Waals surface area contributed by atoms with E-state index in [0.717, 1.165) is 16.7 Å². The van der Waals surface area contributed by atoms with Crippen LogP contribution in [0.1, 0.15) is 31.2 Å². The van der Waals surface area contributed by atoms with Crippen molar-refractivity contribution in [3.63, 3.8) is 0 Å². The monoisotopic (exact) mass is 519 g/mol. The summed E-state index contributed by atoms with van der Waals surface area (Å²) in [5, 5.41) is 7.03. The van der Waals surface area contributed by atoms with E-state index in [4.69, 9.17) is 11.6 Å². The molecule has 0 spiro atoms. The zero-order valence-corrected chi connectivity index (χ0v) is 20.4. The predicted molar refractivity (Wildman–Crippen MR) is 127 cm³/mol. The molecule has 0 amide bonds. The van der Waals surface area contributed by atoms with Crippen molar-refractivity contribution in [3.8, 4) is 17.2 Å². The number of aryl methyl sites for hydroxylation is 1. The Labute approximate surface area is 205 Å². The van der Waals surface area contributed by atoms with Gasteiger partial charge in [-0.15, -0.1) is 10.2 Å². The van der Waals surface area contributed by atoms with Crippen LogP contribution in [-0.2, 0) is 10.0 Å². The molecular weight excluding hydrogens is 500 g/mol. The average molecular weight is 520 g/mol. The fourth-order valence-electron chi connectivity index (χ4n) is 3.39. The standard InChI is InChI=1S/C22H20ClF2N7O2S/c1-12-6-4-9-17(28-12)21-29-30-22(32(21)20-15(24)7-5-8-16(20)25)31-35(33,34)14(3)13(2)18-10-27-19(23)11-26-18/h4-11,13-14H,1-3H3,(H,30,31)/t13-,14-/m0/s1. The molecule has 0 fully saturated rings. The zero-order valence-electron chi connectivity index (χ0n) is 18.8. The third-order valence-electron chi connectivity index (χ3n) is 5.48. The van der Waals surface area contributed by atoms with Gasteiger partial charge in [0.05, 0.1) is 23.3 Å². The first-order valence-electron chi connectivity index (χ1n) is 10.4. The Morgan fingerprint density at radius 3 is 2.31 bits per heavy atom. The molecule has 35 heavy (non-hydrogen) atoms. The van der Waals surface area contributed by atoms with Crippen molar-refractivity contribution in [2.24, 2.45) is 0 Å². The van der Waals surface area contributed by atoms with Crippen molar-refractivity contribution in [2.45, 2.75) is 31.9 Å². The molecule has 3 aromatic heterocycles. The van der Waals surface area contributed by atoms with Gasteiger partial charge in [0, 0.05) is 11.6 Å². The Hall–Kier alpha value is -3.51. The number of para-hydroxylation sites is 1. The van der Waals surface area contributed by atoms with E-state index in [-0.39, 0.29) is 16.7 Å². The van der Waals surface area contributed by atoms with Crippen molar-refractivity contribution in [1.82, 2.24) is 29.7 Å². The van der Waals surface area contributed by atoms with Crippen molar-refractivity contribution >= 4 is 27.6 Å². The lowest BCUT2D eigenvalue weighted by molar-refractivity contribution is 0.566. The minimum Gasteiger partial charge on any atom is -0.256 e. The highest BCUT2D eigenvalue weighted by molar-refractivity contribution is 7.93. The lowest BCUT2D eigenvalue weighted by Crippen LogP contribution is -2.31. The molecule has 182 valence electrons. The van der Waals surface area contributed by atoms with E-state index >= 15 is 0 Å². The Kier molecular flexibility index (Phi) is 6.77. The molecular formula is C22H20ClF2N7O2S. The van der Waals surface area contributed by atoms with Gasteiger partial charge in [0.15, 0.2) is 5.82 Å². The van der Waals surface area contributed by atoms with Crippen LogP contribution in [0.5, 0.6) is 0 Å². The van der Waals surface area contributed by atoms with Crippen molar-refractivity contribution in [2.75, 3.05) is 4.72 Å². The van der Waals surface area contributed by atoms with Gasteiger partial charge in [-0.05, 0) is 38.1 Å². The largest absolute Gasteiger partial charge is 0.256 e. The average Bonchev–Trinajstić information content (AvgIpc) is 3.21. The van der Waals surface area contributed by atoms with Gasteiger partial charge in [0.1, 0.15) is 28.2 Å². The lowest BCUT2D eigenvalue weighted by Gasteiger charge is -2.21. The highest BCUT2D eigenvalue weighted by Crippen LogP contribution is 2.30. The zero-order chi connectivity index (χ0) is 25.3. The second-order valence-corrected chi connectivity index (χ2v) is 10.2. The molecule has 0 aliphatic heterocycles. The number of hydrogen-bond acceptors (Lipinski definition) is 7. The summed E-state index contributed by atoms with van der Waals surface area (Å²) in [5.41, 5.74) is 0.736. The van der Waals surface area contributed by atoms with Gasteiger partial charge in [-0.1, -0.05) is 30.7 Å². The maximum Gasteiger partial charge on any atom is 0.243 e. The van der Waals surface area contributed by atoms with Gasteiger partial charge in [0.25, 0.3) is 0 Å². The molecule has 4 aromatic rings. The topological polar surface area (TPSA) is 116 Å². The van der Waals surface area contributed by atoms with Crippen LogP contribution in [0.4, 0.5) is 14.7 Å².